The van der Waals surface area contributed by atoms with Gasteiger partial charge in [0.15, 0.2) is 0 Å². The minimum atomic E-state index is 0.0364. The molecule has 0 spiro atoms. The van der Waals surface area contributed by atoms with Crippen molar-refractivity contribution in [2.75, 3.05) is 0 Å². The Hall–Kier alpha value is -2.24. The number of aromatic nitrogens is 2. The fourth-order valence-corrected chi connectivity index (χ4v) is 4.07. The largest absolute Gasteiger partial charge is 0.298 e. The summed E-state index contributed by atoms with van der Waals surface area (Å²) in [6.07, 6.45) is 2.49. The summed E-state index contributed by atoms with van der Waals surface area (Å²) in [5.41, 5.74) is 4.13. The van der Waals surface area contributed by atoms with Crippen molar-refractivity contribution < 1.29 is 0 Å². The molecular formula is C20H15BrN2OS. The van der Waals surface area contributed by atoms with Gasteiger partial charge in [0.1, 0.15) is 4.70 Å². The van der Waals surface area contributed by atoms with Crippen molar-refractivity contribution in [1.29, 1.82) is 0 Å². The standard InChI is InChI=1S/C20H15BrN2OS/c21-16-8-6-15(7-9-16)17-12-25-19-18(17)22-13-23(20(19)24)11-10-14-4-2-1-3-5-14/h1-9,12-13H,10-11H2. The number of fused-ring (bicyclic) bond motifs is 1. The van der Waals surface area contributed by atoms with Crippen LogP contribution in [0.15, 0.2) is 75.6 Å². The van der Waals surface area contributed by atoms with Crippen LogP contribution in [-0.4, -0.2) is 9.55 Å². The van der Waals surface area contributed by atoms with Gasteiger partial charge in [0, 0.05) is 22.0 Å². The fraction of sp³-hybridized carbons (Fsp3) is 0.100. The predicted molar refractivity (Wildman–Crippen MR) is 107 cm³/mol. The predicted octanol–water partition coefficient (Wildman–Crippen LogP) is 5.13. The Labute approximate surface area is 157 Å². The van der Waals surface area contributed by atoms with E-state index in [0.717, 1.165) is 27.5 Å². The SMILES string of the molecule is O=c1c2scc(-c3ccc(Br)cc3)c2ncn1CCc1ccccc1. The third-order valence-corrected chi connectivity index (χ3v) is 5.67. The summed E-state index contributed by atoms with van der Waals surface area (Å²) >= 11 is 4.92. The van der Waals surface area contributed by atoms with Gasteiger partial charge in [0.25, 0.3) is 5.56 Å². The molecule has 4 rings (SSSR count). The van der Waals surface area contributed by atoms with Crippen LogP contribution in [0, 0.1) is 0 Å². The van der Waals surface area contributed by atoms with Crippen LogP contribution in [0.4, 0.5) is 0 Å². The lowest BCUT2D eigenvalue weighted by Gasteiger charge is -2.06. The van der Waals surface area contributed by atoms with Crippen molar-refractivity contribution in [1.82, 2.24) is 9.55 Å². The van der Waals surface area contributed by atoms with Crippen LogP contribution in [0.3, 0.4) is 0 Å². The summed E-state index contributed by atoms with van der Waals surface area (Å²) in [6, 6.07) is 18.3. The molecule has 0 fully saturated rings. The van der Waals surface area contributed by atoms with E-state index < -0.39 is 0 Å². The number of hydrogen-bond acceptors (Lipinski definition) is 3. The van der Waals surface area contributed by atoms with Gasteiger partial charge in [-0.05, 0) is 29.7 Å². The molecule has 0 radical (unpaired) electrons. The van der Waals surface area contributed by atoms with Crippen molar-refractivity contribution in [3.05, 3.63) is 86.7 Å². The van der Waals surface area contributed by atoms with Gasteiger partial charge in [-0.25, -0.2) is 4.98 Å². The van der Waals surface area contributed by atoms with Crippen molar-refractivity contribution in [3.8, 4) is 11.1 Å². The quantitative estimate of drug-likeness (QED) is 0.467. The van der Waals surface area contributed by atoms with E-state index in [9.17, 15) is 4.79 Å². The highest BCUT2D eigenvalue weighted by atomic mass is 79.9. The van der Waals surface area contributed by atoms with Gasteiger partial charge in [-0.1, -0.05) is 58.4 Å². The van der Waals surface area contributed by atoms with Gasteiger partial charge in [-0.2, -0.15) is 0 Å². The maximum Gasteiger partial charge on any atom is 0.271 e. The Morgan fingerprint density at radius 1 is 1.04 bits per heavy atom. The second-order valence-electron chi connectivity index (χ2n) is 5.81. The van der Waals surface area contributed by atoms with Crippen molar-refractivity contribution in [3.63, 3.8) is 0 Å². The molecule has 2 aromatic carbocycles. The highest BCUT2D eigenvalue weighted by Crippen LogP contribution is 2.31. The van der Waals surface area contributed by atoms with Crippen LogP contribution in [-0.2, 0) is 13.0 Å². The van der Waals surface area contributed by atoms with Crippen LogP contribution in [0.25, 0.3) is 21.3 Å². The first-order valence-corrected chi connectivity index (χ1v) is 9.66. The maximum atomic E-state index is 12.8. The molecule has 0 saturated carbocycles. The van der Waals surface area contributed by atoms with E-state index in [4.69, 9.17) is 0 Å². The van der Waals surface area contributed by atoms with E-state index in [1.807, 2.05) is 47.8 Å². The average molecular weight is 411 g/mol. The molecule has 124 valence electrons. The van der Waals surface area contributed by atoms with Crippen molar-refractivity contribution >= 4 is 37.5 Å². The Bertz CT molecular complexity index is 1070. The third-order valence-electron chi connectivity index (χ3n) is 4.19. The molecule has 0 aliphatic heterocycles. The van der Waals surface area contributed by atoms with Gasteiger partial charge in [-0.3, -0.25) is 9.36 Å². The summed E-state index contributed by atoms with van der Waals surface area (Å²) in [5, 5.41) is 2.02. The molecule has 0 amide bonds. The highest BCUT2D eigenvalue weighted by molar-refractivity contribution is 9.10. The molecular weight excluding hydrogens is 396 g/mol. The summed E-state index contributed by atoms with van der Waals surface area (Å²) in [7, 11) is 0. The van der Waals surface area contributed by atoms with E-state index in [1.54, 1.807) is 10.9 Å². The highest BCUT2D eigenvalue weighted by Gasteiger charge is 2.12. The lowest BCUT2D eigenvalue weighted by Crippen LogP contribution is -2.20. The van der Waals surface area contributed by atoms with Crippen LogP contribution < -0.4 is 5.56 Å². The topological polar surface area (TPSA) is 34.9 Å². The number of nitrogens with zero attached hydrogens (tertiary/aromatic N) is 2. The van der Waals surface area contributed by atoms with Gasteiger partial charge in [0.2, 0.25) is 0 Å². The van der Waals surface area contributed by atoms with E-state index in [1.165, 1.54) is 16.9 Å². The van der Waals surface area contributed by atoms with Gasteiger partial charge in [-0.15, -0.1) is 11.3 Å². The smallest absolute Gasteiger partial charge is 0.271 e. The zero-order valence-electron chi connectivity index (χ0n) is 13.4. The number of benzene rings is 2. The van der Waals surface area contributed by atoms with E-state index >= 15 is 0 Å². The normalized spacial score (nSPS) is 11.1. The molecule has 2 aromatic heterocycles. The van der Waals surface area contributed by atoms with Crippen molar-refractivity contribution in [2.24, 2.45) is 0 Å². The average Bonchev–Trinajstić information content (AvgIpc) is 3.08. The second-order valence-corrected chi connectivity index (χ2v) is 7.61. The number of aryl methyl sites for hydroxylation is 2. The Balaban J connectivity index is 1.67. The molecule has 2 heterocycles. The number of hydrogen-bond donors (Lipinski definition) is 0. The monoisotopic (exact) mass is 410 g/mol. The van der Waals surface area contributed by atoms with E-state index in [0.29, 0.717) is 11.2 Å². The third kappa shape index (κ3) is 3.30. The maximum absolute atomic E-state index is 12.8. The fourth-order valence-electron chi connectivity index (χ4n) is 2.83. The molecule has 5 heteroatoms. The lowest BCUT2D eigenvalue weighted by atomic mass is 10.1. The number of thiophene rings is 1. The first kappa shape index (κ1) is 16.2. The summed E-state index contributed by atoms with van der Waals surface area (Å²) in [6.45, 7) is 0.636. The minimum Gasteiger partial charge on any atom is -0.298 e. The van der Waals surface area contributed by atoms with Crippen LogP contribution in [0.1, 0.15) is 5.56 Å². The summed E-state index contributed by atoms with van der Waals surface area (Å²) in [5.74, 6) is 0. The van der Waals surface area contributed by atoms with E-state index in [-0.39, 0.29) is 5.56 Å². The lowest BCUT2D eigenvalue weighted by molar-refractivity contribution is 0.663. The molecule has 0 aliphatic carbocycles. The molecule has 25 heavy (non-hydrogen) atoms. The molecule has 0 bridgehead atoms. The summed E-state index contributed by atoms with van der Waals surface area (Å²) < 4.78 is 3.46. The summed E-state index contributed by atoms with van der Waals surface area (Å²) in [4.78, 5) is 17.3. The minimum absolute atomic E-state index is 0.0364. The Kier molecular flexibility index (Phi) is 4.51. The van der Waals surface area contributed by atoms with Gasteiger partial charge < -0.3 is 0 Å². The van der Waals surface area contributed by atoms with Crippen LogP contribution in [0.5, 0.6) is 0 Å². The number of rotatable bonds is 4. The van der Waals surface area contributed by atoms with Crippen LogP contribution >= 0.6 is 27.3 Å². The zero-order valence-corrected chi connectivity index (χ0v) is 15.8. The first-order chi connectivity index (χ1) is 12.2. The molecule has 0 atom stereocenters. The molecule has 0 saturated heterocycles. The van der Waals surface area contributed by atoms with Crippen molar-refractivity contribution in [2.45, 2.75) is 13.0 Å². The number of halogens is 1. The zero-order chi connectivity index (χ0) is 17.2. The molecule has 0 N–H and O–H groups in total. The molecule has 4 aromatic rings. The molecule has 0 aliphatic rings. The van der Waals surface area contributed by atoms with Gasteiger partial charge in [0.05, 0.1) is 11.8 Å². The molecule has 0 unspecified atom stereocenters. The molecule has 3 nitrogen and oxygen atoms in total. The van der Waals surface area contributed by atoms with Crippen LogP contribution in [0.2, 0.25) is 0 Å². The second kappa shape index (κ2) is 6.94. The Morgan fingerprint density at radius 2 is 1.80 bits per heavy atom. The van der Waals surface area contributed by atoms with Gasteiger partial charge >= 0.3 is 0 Å². The van der Waals surface area contributed by atoms with E-state index in [2.05, 4.69) is 33.0 Å². The first-order valence-electron chi connectivity index (χ1n) is 7.99. The Morgan fingerprint density at radius 3 is 2.56 bits per heavy atom.